The zero-order valence-electron chi connectivity index (χ0n) is 9.85. The van der Waals surface area contributed by atoms with Gasteiger partial charge in [-0.25, -0.2) is 9.38 Å². The highest BCUT2D eigenvalue weighted by atomic mass is 127. The van der Waals surface area contributed by atoms with Gasteiger partial charge in [0.05, 0.1) is 17.9 Å². The summed E-state index contributed by atoms with van der Waals surface area (Å²) in [6.07, 6.45) is 4.39. The zero-order valence-corrected chi connectivity index (χ0v) is 12.0. The molecule has 1 aromatic carbocycles. The Hall–Kier alpha value is -1.57. The van der Waals surface area contributed by atoms with Gasteiger partial charge in [-0.05, 0) is 24.3 Å². The number of aliphatic imine (C=N–C) groups is 2. The van der Waals surface area contributed by atoms with E-state index < -0.39 is 0 Å². The first-order valence-electron chi connectivity index (χ1n) is 5.79. The van der Waals surface area contributed by atoms with Crippen molar-refractivity contribution < 1.29 is 4.39 Å². The predicted molar refractivity (Wildman–Crippen MR) is 81.3 cm³/mol. The van der Waals surface area contributed by atoms with Crippen molar-refractivity contribution in [3.05, 3.63) is 41.8 Å². The second-order valence-corrected chi connectivity index (χ2v) is 5.13. The van der Waals surface area contributed by atoms with Crippen LogP contribution in [0.25, 0.3) is 11.3 Å². The Morgan fingerprint density at radius 3 is 2.79 bits per heavy atom. The average molecular weight is 368 g/mol. The van der Waals surface area contributed by atoms with E-state index in [2.05, 4.69) is 42.8 Å². The summed E-state index contributed by atoms with van der Waals surface area (Å²) in [5, 5.41) is 7.05. The first-order valence-corrected chi connectivity index (χ1v) is 6.87. The Labute approximate surface area is 123 Å². The van der Waals surface area contributed by atoms with Crippen molar-refractivity contribution in [3.8, 4) is 11.3 Å². The minimum absolute atomic E-state index is 0.0169. The molecular weight excluding hydrogens is 358 g/mol. The van der Waals surface area contributed by atoms with Gasteiger partial charge in [0.25, 0.3) is 0 Å². The van der Waals surface area contributed by atoms with Gasteiger partial charge in [0, 0.05) is 46.4 Å². The Balaban J connectivity index is 1.99. The van der Waals surface area contributed by atoms with Crippen molar-refractivity contribution in [1.29, 1.82) is 0 Å². The molecule has 0 amide bonds. The second kappa shape index (κ2) is 5.20. The Bertz CT molecular complexity index is 645. The fourth-order valence-corrected chi connectivity index (χ4v) is 2.57. The molecule has 0 bridgehead atoms. The first kappa shape index (κ1) is 12.5. The Morgan fingerprint density at radius 1 is 1.26 bits per heavy atom. The Morgan fingerprint density at radius 2 is 2.05 bits per heavy atom. The van der Waals surface area contributed by atoms with Crippen LogP contribution < -0.4 is 0 Å². The zero-order chi connectivity index (χ0) is 13.2. The molecule has 0 fully saturated rings. The van der Waals surface area contributed by atoms with Crippen molar-refractivity contribution in [2.24, 2.45) is 9.98 Å². The van der Waals surface area contributed by atoms with E-state index in [-0.39, 0.29) is 11.9 Å². The smallest absolute Gasteiger partial charge is 0.186 e. The molecule has 0 saturated carbocycles. The number of benzene rings is 1. The molecule has 4 nitrogen and oxygen atoms in total. The van der Waals surface area contributed by atoms with Crippen LogP contribution in [0.1, 0.15) is 18.0 Å². The van der Waals surface area contributed by atoms with E-state index >= 15 is 0 Å². The summed E-state index contributed by atoms with van der Waals surface area (Å²) in [4.78, 5) is 8.64. The highest BCUT2D eigenvalue weighted by Crippen LogP contribution is 2.31. The number of hydrogen-bond acceptors (Lipinski definition) is 3. The van der Waals surface area contributed by atoms with Crippen LogP contribution in [0, 0.1) is 5.82 Å². The third kappa shape index (κ3) is 2.58. The van der Waals surface area contributed by atoms with E-state index in [1.807, 2.05) is 6.21 Å². The number of amidine groups is 1. The number of nitrogens with zero attached hydrogens (tertiary/aromatic N) is 3. The maximum Gasteiger partial charge on any atom is 0.186 e. The monoisotopic (exact) mass is 368 g/mol. The number of nitrogens with one attached hydrogen (secondary N) is 1. The van der Waals surface area contributed by atoms with Crippen molar-refractivity contribution in [2.45, 2.75) is 12.5 Å². The van der Waals surface area contributed by atoms with Crippen molar-refractivity contribution >= 4 is 32.6 Å². The number of aromatic nitrogens is 2. The highest BCUT2D eigenvalue weighted by Gasteiger charge is 2.19. The summed E-state index contributed by atoms with van der Waals surface area (Å²) in [6, 6.07) is 6.36. The van der Waals surface area contributed by atoms with Gasteiger partial charge in [0.1, 0.15) is 5.82 Å². The number of rotatable bonds is 2. The van der Waals surface area contributed by atoms with Gasteiger partial charge in [-0.3, -0.25) is 10.1 Å². The summed E-state index contributed by atoms with van der Waals surface area (Å²) >= 11 is 2.10. The quantitative estimate of drug-likeness (QED) is 0.640. The minimum Gasteiger partial charge on any atom is -0.277 e. The molecule has 0 aliphatic carbocycles. The van der Waals surface area contributed by atoms with Crippen LogP contribution in [-0.2, 0) is 0 Å². The van der Waals surface area contributed by atoms with Crippen molar-refractivity contribution in [2.75, 3.05) is 0 Å². The van der Waals surface area contributed by atoms with Crippen LogP contribution in [0.5, 0.6) is 0 Å². The van der Waals surface area contributed by atoms with Gasteiger partial charge >= 0.3 is 0 Å². The molecule has 0 spiro atoms. The lowest BCUT2D eigenvalue weighted by Crippen LogP contribution is -2.04. The van der Waals surface area contributed by atoms with E-state index in [0.717, 1.165) is 27.1 Å². The molecule has 1 aromatic heterocycles. The molecule has 1 N–H and O–H groups in total. The molecule has 1 unspecified atom stereocenters. The summed E-state index contributed by atoms with van der Waals surface area (Å²) in [5.41, 5.74) is 2.79. The number of aromatic amines is 1. The topological polar surface area (TPSA) is 53.4 Å². The average Bonchev–Trinajstić information content (AvgIpc) is 2.89. The van der Waals surface area contributed by atoms with Crippen LogP contribution in [0.2, 0.25) is 0 Å². The summed E-state index contributed by atoms with van der Waals surface area (Å²) in [7, 11) is 0. The highest BCUT2D eigenvalue weighted by molar-refractivity contribution is 14.1. The third-order valence-electron chi connectivity index (χ3n) is 2.95. The third-order valence-corrected chi connectivity index (χ3v) is 3.51. The fraction of sp³-hybridized carbons (Fsp3) is 0.154. The van der Waals surface area contributed by atoms with Gasteiger partial charge < -0.3 is 0 Å². The molecule has 6 heteroatoms. The molecule has 1 aliphatic heterocycles. The summed E-state index contributed by atoms with van der Waals surface area (Å²) < 4.78 is 13.7. The van der Waals surface area contributed by atoms with Gasteiger partial charge in [0.15, 0.2) is 3.84 Å². The van der Waals surface area contributed by atoms with Crippen LogP contribution >= 0.6 is 22.6 Å². The normalized spacial score (nSPS) is 18.4. The Kier molecular flexibility index (Phi) is 3.41. The SMILES string of the molecule is Fc1ccc(-c2[nH]ncc2C2CC=NC(I)=N2)cc1. The maximum absolute atomic E-state index is 13.0. The van der Waals surface area contributed by atoms with Gasteiger partial charge in [-0.15, -0.1) is 0 Å². The van der Waals surface area contributed by atoms with E-state index in [0.29, 0.717) is 0 Å². The predicted octanol–water partition coefficient (Wildman–Crippen LogP) is 3.52. The fourth-order valence-electron chi connectivity index (χ4n) is 2.03. The molecule has 0 radical (unpaired) electrons. The molecule has 2 aromatic rings. The minimum atomic E-state index is -0.248. The van der Waals surface area contributed by atoms with E-state index in [1.54, 1.807) is 18.3 Å². The second-order valence-electron chi connectivity index (χ2n) is 4.17. The first-order chi connectivity index (χ1) is 9.24. The molecule has 2 heterocycles. The van der Waals surface area contributed by atoms with Crippen LogP contribution in [0.15, 0.2) is 40.4 Å². The van der Waals surface area contributed by atoms with Gasteiger partial charge in [0.2, 0.25) is 0 Å². The molecule has 1 aliphatic rings. The standard InChI is InChI=1S/C13H10FIN4/c14-9-3-1-8(2-4-9)12-10(7-17-19-12)11-5-6-16-13(15)18-11/h1-4,6-7,11H,5H2,(H,17,19). The molecule has 0 saturated heterocycles. The van der Waals surface area contributed by atoms with Gasteiger partial charge in [-0.1, -0.05) is 0 Å². The molecule has 96 valence electrons. The van der Waals surface area contributed by atoms with E-state index in [9.17, 15) is 4.39 Å². The number of hydrogen-bond donors (Lipinski definition) is 1. The van der Waals surface area contributed by atoms with E-state index in [1.165, 1.54) is 12.1 Å². The lowest BCUT2D eigenvalue weighted by molar-refractivity contribution is 0.628. The largest absolute Gasteiger partial charge is 0.277 e. The van der Waals surface area contributed by atoms with Crippen LogP contribution in [-0.4, -0.2) is 20.3 Å². The maximum atomic E-state index is 13.0. The van der Waals surface area contributed by atoms with Crippen LogP contribution in [0.3, 0.4) is 0 Å². The summed E-state index contributed by atoms with van der Waals surface area (Å²) in [5.74, 6) is -0.248. The summed E-state index contributed by atoms with van der Waals surface area (Å²) in [6.45, 7) is 0. The number of H-pyrrole nitrogens is 1. The molecule has 1 atom stereocenters. The van der Waals surface area contributed by atoms with Gasteiger partial charge in [-0.2, -0.15) is 5.10 Å². The molecule has 19 heavy (non-hydrogen) atoms. The van der Waals surface area contributed by atoms with Crippen LogP contribution in [0.4, 0.5) is 4.39 Å². The lowest BCUT2D eigenvalue weighted by Gasteiger charge is -2.13. The molecule has 3 rings (SSSR count). The van der Waals surface area contributed by atoms with Crippen molar-refractivity contribution in [3.63, 3.8) is 0 Å². The molecular formula is C13H10FIN4. The van der Waals surface area contributed by atoms with Crippen molar-refractivity contribution in [1.82, 2.24) is 10.2 Å². The number of halogens is 2. The van der Waals surface area contributed by atoms with E-state index in [4.69, 9.17) is 0 Å². The lowest BCUT2D eigenvalue weighted by atomic mass is 10.0.